The van der Waals surface area contributed by atoms with Gasteiger partial charge in [0, 0.05) is 31.6 Å². The highest BCUT2D eigenvalue weighted by Crippen LogP contribution is 2.36. The van der Waals surface area contributed by atoms with Crippen LogP contribution >= 0.6 is 0 Å². The maximum atomic E-state index is 12.8. The van der Waals surface area contributed by atoms with Crippen molar-refractivity contribution in [2.45, 2.75) is 31.6 Å². The fourth-order valence-electron chi connectivity index (χ4n) is 3.71. The van der Waals surface area contributed by atoms with Crippen molar-refractivity contribution in [2.24, 2.45) is 0 Å². The number of amides is 1. The lowest BCUT2D eigenvalue weighted by molar-refractivity contribution is -0.0954. The number of hydrogen-bond acceptors (Lipinski definition) is 7. The van der Waals surface area contributed by atoms with Crippen molar-refractivity contribution >= 4 is 5.91 Å². The van der Waals surface area contributed by atoms with Crippen LogP contribution in [0, 0.1) is 6.92 Å². The number of aryl methyl sites for hydroxylation is 1. The molecule has 8 nitrogen and oxygen atoms in total. The predicted molar refractivity (Wildman–Crippen MR) is 82.5 cm³/mol. The first-order chi connectivity index (χ1) is 11.6. The molecular weight excluding hydrogens is 314 g/mol. The van der Waals surface area contributed by atoms with Gasteiger partial charge in [0.25, 0.3) is 5.91 Å². The summed E-state index contributed by atoms with van der Waals surface area (Å²) < 4.78 is 16.3. The van der Waals surface area contributed by atoms with Crippen molar-refractivity contribution in [2.75, 3.05) is 46.0 Å². The van der Waals surface area contributed by atoms with E-state index in [0.717, 1.165) is 18.7 Å². The second-order valence-electron chi connectivity index (χ2n) is 6.97. The van der Waals surface area contributed by atoms with Crippen LogP contribution in [0.5, 0.6) is 0 Å². The molecule has 1 amide bonds. The van der Waals surface area contributed by atoms with E-state index in [-0.39, 0.29) is 11.5 Å². The smallest absolute Gasteiger partial charge is 0.276 e. The zero-order valence-corrected chi connectivity index (χ0v) is 13.9. The SMILES string of the molecule is Cc1onc(C(=O)N2CC3(CC(O)CO3)C2)c1CN1CCOCC1. The van der Waals surface area contributed by atoms with Crippen LogP contribution in [0.1, 0.15) is 28.2 Å². The van der Waals surface area contributed by atoms with E-state index in [0.29, 0.717) is 57.3 Å². The molecule has 0 bridgehead atoms. The Morgan fingerprint density at radius 3 is 2.79 bits per heavy atom. The highest BCUT2D eigenvalue weighted by atomic mass is 16.5. The minimum Gasteiger partial charge on any atom is -0.391 e. The van der Waals surface area contributed by atoms with Gasteiger partial charge in [0.15, 0.2) is 5.69 Å². The van der Waals surface area contributed by atoms with Crippen LogP contribution in [0.25, 0.3) is 0 Å². The number of carbonyl (C=O) groups excluding carboxylic acids is 1. The number of hydrogen-bond donors (Lipinski definition) is 1. The summed E-state index contributed by atoms with van der Waals surface area (Å²) >= 11 is 0. The Labute approximate surface area is 140 Å². The maximum Gasteiger partial charge on any atom is 0.276 e. The molecule has 0 aromatic carbocycles. The Morgan fingerprint density at radius 2 is 2.12 bits per heavy atom. The first-order valence-electron chi connectivity index (χ1n) is 8.43. The molecule has 1 atom stereocenters. The number of aliphatic hydroxyl groups is 1. The molecule has 3 fully saturated rings. The quantitative estimate of drug-likeness (QED) is 0.816. The summed E-state index contributed by atoms with van der Waals surface area (Å²) in [6.45, 7) is 6.96. The molecule has 1 unspecified atom stereocenters. The highest BCUT2D eigenvalue weighted by Gasteiger charge is 2.51. The molecule has 1 aromatic heterocycles. The molecule has 4 rings (SSSR count). The fourth-order valence-corrected chi connectivity index (χ4v) is 3.71. The standard InChI is InChI=1S/C16H23N3O5/c1-11-13(7-18-2-4-22-5-3-18)14(17-24-11)15(21)19-9-16(10-19)6-12(20)8-23-16/h12,20H,2-10H2,1H3. The van der Waals surface area contributed by atoms with E-state index in [1.165, 1.54) is 0 Å². The van der Waals surface area contributed by atoms with Crippen molar-refractivity contribution in [1.29, 1.82) is 0 Å². The van der Waals surface area contributed by atoms with Gasteiger partial charge in [0.2, 0.25) is 0 Å². The molecule has 3 saturated heterocycles. The number of aliphatic hydroxyl groups excluding tert-OH is 1. The number of carbonyl (C=O) groups is 1. The van der Waals surface area contributed by atoms with Gasteiger partial charge in [-0.2, -0.15) is 0 Å². The second-order valence-corrected chi connectivity index (χ2v) is 6.97. The third kappa shape index (κ3) is 2.83. The number of likely N-dealkylation sites (tertiary alicyclic amines) is 1. The van der Waals surface area contributed by atoms with Crippen LogP contribution in [-0.2, 0) is 16.0 Å². The van der Waals surface area contributed by atoms with E-state index in [2.05, 4.69) is 10.1 Å². The molecule has 8 heteroatoms. The van der Waals surface area contributed by atoms with Gasteiger partial charge in [-0.25, -0.2) is 0 Å². The van der Waals surface area contributed by atoms with Crippen LogP contribution in [0.3, 0.4) is 0 Å². The summed E-state index contributed by atoms with van der Waals surface area (Å²) in [4.78, 5) is 16.7. The zero-order valence-electron chi connectivity index (χ0n) is 13.9. The molecule has 0 saturated carbocycles. The van der Waals surface area contributed by atoms with Gasteiger partial charge in [-0.05, 0) is 6.92 Å². The summed E-state index contributed by atoms with van der Waals surface area (Å²) in [6, 6.07) is 0. The third-order valence-electron chi connectivity index (χ3n) is 5.11. The average Bonchev–Trinajstić information content (AvgIpc) is 3.11. The first-order valence-corrected chi connectivity index (χ1v) is 8.43. The number of morpholine rings is 1. The van der Waals surface area contributed by atoms with Crippen LogP contribution in [0.15, 0.2) is 4.52 Å². The van der Waals surface area contributed by atoms with Gasteiger partial charge < -0.3 is 24.0 Å². The Kier molecular flexibility index (Phi) is 4.07. The number of nitrogens with zero attached hydrogens (tertiary/aromatic N) is 3. The van der Waals surface area contributed by atoms with Crippen molar-refractivity contribution in [1.82, 2.24) is 15.0 Å². The number of aromatic nitrogens is 1. The largest absolute Gasteiger partial charge is 0.391 e. The van der Waals surface area contributed by atoms with Crippen LogP contribution < -0.4 is 0 Å². The topological polar surface area (TPSA) is 88.3 Å². The molecule has 0 radical (unpaired) electrons. The molecular formula is C16H23N3O5. The van der Waals surface area contributed by atoms with E-state index in [1.54, 1.807) is 4.90 Å². The lowest BCUT2D eigenvalue weighted by Gasteiger charge is -2.46. The molecule has 1 aromatic rings. The predicted octanol–water partition coefficient (Wildman–Crippen LogP) is -0.209. The van der Waals surface area contributed by atoms with Gasteiger partial charge in [-0.3, -0.25) is 9.69 Å². The van der Waals surface area contributed by atoms with E-state index in [4.69, 9.17) is 14.0 Å². The number of ether oxygens (including phenoxy) is 2. The third-order valence-corrected chi connectivity index (χ3v) is 5.11. The van der Waals surface area contributed by atoms with Crippen LogP contribution in [0.4, 0.5) is 0 Å². The lowest BCUT2D eigenvalue weighted by Crippen LogP contribution is -2.63. The van der Waals surface area contributed by atoms with E-state index >= 15 is 0 Å². The van der Waals surface area contributed by atoms with Crippen molar-refractivity contribution < 1.29 is 23.9 Å². The maximum absolute atomic E-state index is 12.8. The van der Waals surface area contributed by atoms with Crippen LogP contribution in [0.2, 0.25) is 0 Å². The summed E-state index contributed by atoms with van der Waals surface area (Å²) in [6.07, 6.45) is 0.170. The fraction of sp³-hybridized carbons (Fsp3) is 0.750. The first kappa shape index (κ1) is 16.0. The molecule has 3 aliphatic heterocycles. The monoisotopic (exact) mass is 337 g/mol. The minimum atomic E-state index is -0.423. The minimum absolute atomic E-state index is 0.120. The Bertz CT molecular complexity index is 619. The Balaban J connectivity index is 1.43. The van der Waals surface area contributed by atoms with E-state index in [9.17, 15) is 9.90 Å². The van der Waals surface area contributed by atoms with Gasteiger partial charge >= 0.3 is 0 Å². The molecule has 132 valence electrons. The summed E-state index contributed by atoms with van der Waals surface area (Å²) in [5.74, 6) is 0.568. The van der Waals surface area contributed by atoms with Gasteiger partial charge in [0.05, 0.1) is 39.0 Å². The Morgan fingerprint density at radius 1 is 1.38 bits per heavy atom. The number of rotatable bonds is 3. The van der Waals surface area contributed by atoms with Crippen molar-refractivity contribution in [3.05, 3.63) is 17.0 Å². The summed E-state index contributed by atoms with van der Waals surface area (Å²) in [5.41, 5.74) is 0.890. The summed E-state index contributed by atoms with van der Waals surface area (Å²) in [7, 11) is 0. The molecule has 24 heavy (non-hydrogen) atoms. The molecule has 0 aliphatic carbocycles. The summed E-state index contributed by atoms with van der Waals surface area (Å²) in [5, 5.41) is 13.6. The van der Waals surface area contributed by atoms with E-state index < -0.39 is 6.10 Å². The normalized spacial score (nSPS) is 26.8. The van der Waals surface area contributed by atoms with Crippen molar-refractivity contribution in [3.8, 4) is 0 Å². The highest BCUT2D eigenvalue weighted by molar-refractivity contribution is 5.94. The van der Waals surface area contributed by atoms with Crippen molar-refractivity contribution in [3.63, 3.8) is 0 Å². The van der Waals surface area contributed by atoms with E-state index in [1.807, 2.05) is 6.92 Å². The molecule has 3 aliphatic rings. The van der Waals surface area contributed by atoms with Gasteiger partial charge in [-0.15, -0.1) is 0 Å². The molecule has 1 spiro atoms. The second kappa shape index (κ2) is 6.11. The lowest BCUT2D eigenvalue weighted by atomic mass is 9.89. The average molecular weight is 337 g/mol. The molecule has 4 heterocycles. The van der Waals surface area contributed by atoms with Gasteiger partial charge in [-0.1, -0.05) is 5.16 Å². The van der Waals surface area contributed by atoms with Crippen LogP contribution in [-0.4, -0.2) is 83.7 Å². The Hall–Kier alpha value is -1.48. The zero-order chi connectivity index (χ0) is 16.7. The van der Waals surface area contributed by atoms with Gasteiger partial charge in [0.1, 0.15) is 11.4 Å². The molecule has 1 N–H and O–H groups in total.